The van der Waals surface area contributed by atoms with Crippen LogP contribution < -0.4 is 4.90 Å². The number of hydrogen-bond donors (Lipinski definition) is 0. The predicted molar refractivity (Wildman–Crippen MR) is 92.0 cm³/mol. The highest BCUT2D eigenvalue weighted by Gasteiger charge is 2.24. The van der Waals surface area contributed by atoms with Crippen molar-refractivity contribution in [3.63, 3.8) is 0 Å². The number of aryl methyl sites for hydroxylation is 4. The van der Waals surface area contributed by atoms with Crippen molar-refractivity contribution in [2.24, 2.45) is 7.05 Å². The number of piperazine rings is 1. The maximum Gasteiger partial charge on any atom is 0.254 e. The molecule has 122 valence electrons. The molecule has 0 spiro atoms. The highest BCUT2D eigenvalue weighted by atomic mass is 16.2. The summed E-state index contributed by atoms with van der Waals surface area (Å²) in [5, 5.41) is 4.22. The number of hydrogen-bond acceptors (Lipinski definition) is 3. The van der Waals surface area contributed by atoms with Gasteiger partial charge in [0.05, 0.1) is 11.9 Å². The number of anilines is 1. The summed E-state index contributed by atoms with van der Waals surface area (Å²) in [6.07, 6.45) is 3.90. The molecule has 1 aromatic heterocycles. The smallest absolute Gasteiger partial charge is 0.254 e. The third kappa shape index (κ3) is 3.09. The fraction of sp³-hybridized carbons (Fsp3) is 0.444. The van der Waals surface area contributed by atoms with Crippen LogP contribution in [0, 0.1) is 20.8 Å². The Hall–Kier alpha value is -2.30. The first kappa shape index (κ1) is 15.6. The van der Waals surface area contributed by atoms with E-state index in [1.807, 2.05) is 42.9 Å². The molecule has 5 heteroatoms. The van der Waals surface area contributed by atoms with Gasteiger partial charge in [0, 0.05) is 45.0 Å². The molecule has 0 aliphatic carbocycles. The Morgan fingerprint density at radius 2 is 1.65 bits per heavy atom. The van der Waals surface area contributed by atoms with Crippen LogP contribution >= 0.6 is 0 Å². The molecule has 1 aromatic carbocycles. The van der Waals surface area contributed by atoms with Gasteiger partial charge in [-0.15, -0.1) is 0 Å². The molecule has 23 heavy (non-hydrogen) atoms. The quantitative estimate of drug-likeness (QED) is 0.854. The van der Waals surface area contributed by atoms with Crippen LogP contribution in [0.5, 0.6) is 0 Å². The lowest BCUT2D eigenvalue weighted by Crippen LogP contribution is -2.49. The molecular weight excluding hydrogens is 288 g/mol. The summed E-state index contributed by atoms with van der Waals surface area (Å²) in [6, 6.07) is 4.18. The number of carbonyl (C=O) groups excluding carboxylic acids is 1. The molecule has 0 saturated carbocycles. The van der Waals surface area contributed by atoms with Gasteiger partial charge in [-0.2, -0.15) is 5.10 Å². The zero-order chi connectivity index (χ0) is 16.6. The van der Waals surface area contributed by atoms with Crippen LogP contribution in [-0.2, 0) is 7.05 Å². The van der Waals surface area contributed by atoms with Crippen LogP contribution in [0.1, 0.15) is 27.0 Å². The van der Waals surface area contributed by atoms with Crippen LogP contribution in [0.3, 0.4) is 0 Å². The Balaban J connectivity index is 1.71. The van der Waals surface area contributed by atoms with Gasteiger partial charge < -0.3 is 9.80 Å². The molecule has 1 saturated heterocycles. The Labute approximate surface area is 137 Å². The largest absolute Gasteiger partial charge is 0.365 e. The van der Waals surface area contributed by atoms with E-state index in [0.29, 0.717) is 0 Å². The Morgan fingerprint density at radius 3 is 2.17 bits per heavy atom. The first-order valence-corrected chi connectivity index (χ1v) is 8.06. The Bertz CT molecular complexity index is 703. The second-order valence-corrected chi connectivity index (χ2v) is 6.43. The van der Waals surface area contributed by atoms with Crippen molar-refractivity contribution >= 4 is 11.6 Å². The Morgan fingerprint density at radius 1 is 1.04 bits per heavy atom. The Kier molecular flexibility index (Phi) is 4.11. The molecular formula is C18H24N4O. The summed E-state index contributed by atoms with van der Waals surface area (Å²) < 4.78 is 1.81. The maximum atomic E-state index is 12.9. The number of nitrogens with zero attached hydrogens (tertiary/aromatic N) is 4. The molecule has 0 radical (unpaired) electrons. The van der Waals surface area contributed by atoms with Crippen molar-refractivity contribution in [3.05, 3.63) is 46.8 Å². The van der Waals surface area contributed by atoms with Crippen molar-refractivity contribution in [1.29, 1.82) is 0 Å². The van der Waals surface area contributed by atoms with Crippen LogP contribution in [0.25, 0.3) is 0 Å². The van der Waals surface area contributed by atoms with Crippen molar-refractivity contribution in [2.45, 2.75) is 20.8 Å². The first-order valence-electron chi connectivity index (χ1n) is 8.06. The van der Waals surface area contributed by atoms with Gasteiger partial charge in [-0.1, -0.05) is 17.7 Å². The van der Waals surface area contributed by atoms with E-state index in [1.54, 1.807) is 0 Å². The van der Waals surface area contributed by atoms with Gasteiger partial charge in [-0.05, 0) is 31.9 Å². The second kappa shape index (κ2) is 6.07. The normalized spacial score (nSPS) is 15.1. The molecule has 1 fully saturated rings. The fourth-order valence-corrected chi connectivity index (χ4v) is 3.41. The number of rotatable bonds is 2. The summed E-state index contributed by atoms with van der Waals surface area (Å²) in [6.45, 7) is 9.32. The van der Waals surface area contributed by atoms with E-state index in [-0.39, 0.29) is 5.91 Å². The van der Waals surface area contributed by atoms with Gasteiger partial charge in [-0.3, -0.25) is 9.48 Å². The maximum absolute atomic E-state index is 12.9. The van der Waals surface area contributed by atoms with Gasteiger partial charge in [0.15, 0.2) is 0 Å². The number of aromatic nitrogens is 2. The molecule has 0 atom stereocenters. The van der Waals surface area contributed by atoms with Crippen LogP contribution in [0.4, 0.5) is 5.69 Å². The van der Waals surface area contributed by atoms with E-state index in [9.17, 15) is 4.79 Å². The summed E-state index contributed by atoms with van der Waals surface area (Å²) in [4.78, 5) is 17.1. The molecule has 3 rings (SSSR count). The monoisotopic (exact) mass is 312 g/mol. The van der Waals surface area contributed by atoms with Gasteiger partial charge in [-0.25, -0.2) is 0 Å². The SMILES string of the molecule is Cc1cc(C)c(C(=O)N2CCN(c3cnn(C)c3)CC2)c(C)c1. The minimum atomic E-state index is 0.158. The van der Waals surface area contributed by atoms with Gasteiger partial charge >= 0.3 is 0 Å². The second-order valence-electron chi connectivity index (χ2n) is 6.43. The van der Waals surface area contributed by atoms with Crippen LogP contribution in [0.15, 0.2) is 24.5 Å². The summed E-state index contributed by atoms with van der Waals surface area (Å²) in [5.74, 6) is 0.158. The van der Waals surface area contributed by atoms with E-state index in [0.717, 1.165) is 48.6 Å². The predicted octanol–water partition coefficient (Wildman–Crippen LogP) is 2.31. The van der Waals surface area contributed by atoms with Crippen molar-refractivity contribution < 1.29 is 4.79 Å². The van der Waals surface area contributed by atoms with Crippen LogP contribution in [-0.4, -0.2) is 46.8 Å². The third-order valence-corrected chi connectivity index (χ3v) is 4.51. The molecule has 1 aliphatic heterocycles. The van der Waals surface area contributed by atoms with Gasteiger partial charge in [0.2, 0.25) is 0 Å². The third-order valence-electron chi connectivity index (χ3n) is 4.51. The zero-order valence-corrected chi connectivity index (χ0v) is 14.3. The lowest BCUT2D eigenvalue weighted by molar-refractivity contribution is 0.0745. The number of carbonyl (C=O) groups is 1. The van der Waals surface area contributed by atoms with Crippen molar-refractivity contribution in [3.8, 4) is 0 Å². The van der Waals surface area contributed by atoms with E-state index in [1.165, 1.54) is 5.56 Å². The van der Waals surface area contributed by atoms with E-state index in [4.69, 9.17) is 0 Å². The molecule has 1 aliphatic rings. The highest BCUT2D eigenvalue weighted by Crippen LogP contribution is 2.21. The summed E-state index contributed by atoms with van der Waals surface area (Å²) in [7, 11) is 1.92. The molecule has 1 amide bonds. The van der Waals surface area contributed by atoms with Gasteiger partial charge in [0.25, 0.3) is 5.91 Å². The standard InChI is InChI=1S/C18H24N4O/c1-13-9-14(2)17(15(3)10-13)18(23)22-7-5-21(6-8-22)16-11-19-20(4)12-16/h9-12H,5-8H2,1-4H3. The minimum absolute atomic E-state index is 0.158. The van der Waals surface area contributed by atoms with Gasteiger partial charge in [0.1, 0.15) is 0 Å². The summed E-state index contributed by atoms with van der Waals surface area (Å²) >= 11 is 0. The molecule has 5 nitrogen and oxygen atoms in total. The molecule has 2 heterocycles. The topological polar surface area (TPSA) is 41.4 Å². The first-order chi connectivity index (χ1) is 11.0. The molecule has 0 N–H and O–H groups in total. The fourth-order valence-electron chi connectivity index (χ4n) is 3.41. The van der Waals surface area contributed by atoms with E-state index < -0.39 is 0 Å². The number of benzene rings is 1. The van der Waals surface area contributed by atoms with E-state index in [2.05, 4.69) is 29.1 Å². The zero-order valence-electron chi connectivity index (χ0n) is 14.3. The van der Waals surface area contributed by atoms with E-state index >= 15 is 0 Å². The lowest BCUT2D eigenvalue weighted by Gasteiger charge is -2.35. The molecule has 0 unspecified atom stereocenters. The summed E-state index contributed by atoms with van der Waals surface area (Å²) in [5.41, 5.74) is 5.34. The minimum Gasteiger partial charge on any atom is -0.365 e. The average Bonchev–Trinajstić information content (AvgIpc) is 2.93. The van der Waals surface area contributed by atoms with Crippen molar-refractivity contribution in [2.75, 3.05) is 31.1 Å². The highest BCUT2D eigenvalue weighted by molar-refractivity contribution is 5.97. The lowest BCUT2D eigenvalue weighted by atomic mass is 9.98. The van der Waals surface area contributed by atoms with Crippen LogP contribution in [0.2, 0.25) is 0 Å². The van der Waals surface area contributed by atoms with Crippen molar-refractivity contribution in [1.82, 2.24) is 14.7 Å². The average molecular weight is 312 g/mol. The molecule has 2 aromatic rings. The number of amides is 1. The molecule has 0 bridgehead atoms.